The number of benzene rings is 1. The fourth-order valence-electron chi connectivity index (χ4n) is 3.91. The van der Waals surface area contributed by atoms with Gasteiger partial charge in [-0.1, -0.05) is 23.2 Å². The highest BCUT2D eigenvalue weighted by Crippen LogP contribution is 2.36. The van der Waals surface area contributed by atoms with Crippen molar-refractivity contribution in [1.29, 1.82) is 0 Å². The van der Waals surface area contributed by atoms with E-state index in [4.69, 9.17) is 27.9 Å². The second kappa shape index (κ2) is 8.57. The molecule has 2 aromatic heterocycles. The maximum Gasteiger partial charge on any atom is 0.416 e. The van der Waals surface area contributed by atoms with E-state index in [1.54, 1.807) is 23.4 Å². The minimum atomic E-state index is -4.43. The molecule has 1 fully saturated rings. The number of rotatable bonds is 3. The molecule has 0 atom stereocenters. The SMILES string of the molecule is Cc1cc(C(F)(F)F)cc2c1cc(Cc1c(Cl)cnc(C(=O)N3CCOCC3)c1Cl)n2C. The number of aromatic nitrogens is 2. The first-order valence-electron chi connectivity index (χ1n) is 9.94. The van der Waals surface area contributed by atoms with Crippen LogP contribution < -0.4 is 0 Å². The normalized spacial score (nSPS) is 14.9. The standard InChI is InChI=1S/C22H20Cl2F3N3O2/c1-12-7-13(22(25,26)27)8-18-15(12)9-14(29(18)2)10-16-17(23)11-28-20(19(16)24)21(31)30-3-5-32-6-4-30/h7-9,11H,3-6,10H2,1-2H3. The van der Waals surface area contributed by atoms with Crippen molar-refractivity contribution in [3.63, 3.8) is 0 Å². The Balaban J connectivity index is 1.73. The quantitative estimate of drug-likeness (QED) is 0.507. The fourth-order valence-corrected chi connectivity index (χ4v) is 4.47. The van der Waals surface area contributed by atoms with Gasteiger partial charge in [-0.2, -0.15) is 13.2 Å². The van der Waals surface area contributed by atoms with E-state index in [1.165, 1.54) is 6.20 Å². The van der Waals surface area contributed by atoms with E-state index >= 15 is 0 Å². The molecule has 1 aliphatic rings. The average Bonchev–Trinajstić information content (AvgIpc) is 3.07. The largest absolute Gasteiger partial charge is 0.416 e. The van der Waals surface area contributed by atoms with Crippen molar-refractivity contribution in [2.45, 2.75) is 19.5 Å². The lowest BCUT2D eigenvalue weighted by Gasteiger charge is -2.27. The molecule has 1 amide bonds. The summed E-state index contributed by atoms with van der Waals surface area (Å²) < 4.78 is 46.8. The van der Waals surface area contributed by atoms with E-state index in [1.807, 2.05) is 6.07 Å². The zero-order valence-corrected chi connectivity index (χ0v) is 18.9. The predicted molar refractivity (Wildman–Crippen MR) is 116 cm³/mol. The number of pyridine rings is 1. The van der Waals surface area contributed by atoms with Crippen LogP contribution in [0.25, 0.3) is 10.9 Å². The summed E-state index contributed by atoms with van der Waals surface area (Å²) in [5.41, 5.74) is 1.59. The summed E-state index contributed by atoms with van der Waals surface area (Å²) in [6, 6.07) is 4.09. The number of nitrogens with zero attached hydrogens (tertiary/aromatic N) is 3. The topological polar surface area (TPSA) is 47.4 Å². The molecule has 0 radical (unpaired) electrons. The van der Waals surface area contributed by atoms with E-state index in [2.05, 4.69) is 4.98 Å². The molecule has 1 saturated heterocycles. The molecule has 0 unspecified atom stereocenters. The number of aryl methyl sites for hydroxylation is 2. The zero-order chi connectivity index (χ0) is 23.2. The number of morpholine rings is 1. The second-order valence-electron chi connectivity index (χ2n) is 7.75. The molecule has 170 valence electrons. The molecule has 10 heteroatoms. The van der Waals surface area contributed by atoms with Gasteiger partial charge in [0, 0.05) is 49.4 Å². The van der Waals surface area contributed by atoms with Crippen molar-refractivity contribution in [2.75, 3.05) is 26.3 Å². The van der Waals surface area contributed by atoms with Crippen LogP contribution in [0.2, 0.25) is 10.0 Å². The molecule has 32 heavy (non-hydrogen) atoms. The molecular weight excluding hydrogens is 466 g/mol. The van der Waals surface area contributed by atoms with Gasteiger partial charge in [-0.25, -0.2) is 4.98 Å². The highest BCUT2D eigenvalue weighted by Gasteiger charge is 2.32. The number of fused-ring (bicyclic) bond motifs is 1. The van der Waals surface area contributed by atoms with Crippen LogP contribution >= 0.6 is 23.2 Å². The summed E-state index contributed by atoms with van der Waals surface area (Å²) in [4.78, 5) is 18.7. The smallest absolute Gasteiger partial charge is 0.378 e. The van der Waals surface area contributed by atoms with Crippen molar-refractivity contribution in [3.05, 3.63) is 62.5 Å². The number of hydrogen-bond acceptors (Lipinski definition) is 3. The first-order valence-corrected chi connectivity index (χ1v) is 10.7. The third kappa shape index (κ3) is 4.19. The Morgan fingerprint density at radius 2 is 1.88 bits per heavy atom. The Morgan fingerprint density at radius 3 is 2.53 bits per heavy atom. The molecule has 0 aliphatic carbocycles. The van der Waals surface area contributed by atoms with Gasteiger partial charge in [-0.05, 0) is 36.2 Å². The van der Waals surface area contributed by atoms with E-state index < -0.39 is 11.7 Å². The summed E-state index contributed by atoms with van der Waals surface area (Å²) in [7, 11) is 1.69. The lowest BCUT2D eigenvalue weighted by Crippen LogP contribution is -2.41. The summed E-state index contributed by atoms with van der Waals surface area (Å²) in [6.07, 6.45) is -2.82. The number of carbonyl (C=O) groups excluding carboxylic acids is 1. The number of alkyl halides is 3. The van der Waals surface area contributed by atoms with Crippen molar-refractivity contribution in [2.24, 2.45) is 7.05 Å². The first-order chi connectivity index (χ1) is 15.1. The molecule has 3 heterocycles. The van der Waals surface area contributed by atoms with E-state index in [-0.39, 0.29) is 28.1 Å². The molecule has 1 aliphatic heterocycles. The van der Waals surface area contributed by atoms with Gasteiger partial charge in [-0.3, -0.25) is 4.79 Å². The number of carbonyl (C=O) groups is 1. The van der Waals surface area contributed by atoms with Gasteiger partial charge in [0.05, 0.1) is 28.8 Å². The molecule has 0 saturated carbocycles. The zero-order valence-electron chi connectivity index (χ0n) is 17.4. The molecular formula is C22H20Cl2F3N3O2. The van der Waals surface area contributed by atoms with Gasteiger partial charge in [0.15, 0.2) is 0 Å². The van der Waals surface area contributed by atoms with Crippen LogP contribution in [0.5, 0.6) is 0 Å². The number of halogens is 5. The Labute approximate surface area is 192 Å². The minimum absolute atomic E-state index is 0.0993. The van der Waals surface area contributed by atoms with Crippen molar-refractivity contribution < 1.29 is 22.7 Å². The average molecular weight is 486 g/mol. The van der Waals surface area contributed by atoms with Crippen molar-refractivity contribution in [1.82, 2.24) is 14.5 Å². The molecule has 1 aromatic carbocycles. The lowest BCUT2D eigenvalue weighted by molar-refractivity contribution is -0.137. The van der Waals surface area contributed by atoms with E-state index in [9.17, 15) is 18.0 Å². The Bertz CT molecular complexity index is 1200. The highest BCUT2D eigenvalue weighted by molar-refractivity contribution is 6.37. The summed E-state index contributed by atoms with van der Waals surface area (Å²) in [6.45, 7) is 3.42. The van der Waals surface area contributed by atoms with Crippen molar-refractivity contribution in [3.8, 4) is 0 Å². The third-order valence-electron chi connectivity index (χ3n) is 5.72. The number of hydrogen-bond donors (Lipinski definition) is 0. The maximum absolute atomic E-state index is 13.3. The minimum Gasteiger partial charge on any atom is -0.378 e. The van der Waals surface area contributed by atoms with Gasteiger partial charge in [-0.15, -0.1) is 0 Å². The van der Waals surface area contributed by atoms with Crippen LogP contribution in [0.1, 0.15) is 32.9 Å². The van der Waals surface area contributed by atoms with Gasteiger partial charge < -0.3 is 14.2 Å². The molecule has 0 spiro atoms. The summed E-state index contributed by atoms with van der Waals surface area (Å²) >= 11 is 12.9. The van der Waals surface area contributed by atoms with Gasteiger partial charge >= 0.3 is 6.18 Å². The predicted octanol–water partition coefficient (Wildman–Crippen LogP) is 5.27. The molecule has 4 rings (SSSR count). The molecule has 5 nitrogen and oxygen atoms in total. The first kappa shape index (κ1) is 22.9. The lowest BCUT2D eigenvalue weighted by atomic mass is 10.1. The summed E-state index contributed by atoms with van der Waals surface area (Å²) in [5.74, 6) is -0.307. The molecule has 3 aromatic rings. The number of amides is 1. The number of ether oxygens (including phenoxy) is 1. The van der Waals surface area contributed by atoms with E-state index in [0.717, 1.165) is 12.1 Å². The van der Waals surface area contributed by atoms with Gasteiger partial charge in [0.2, 0.25) is 0 Å². The Morgan fingerprint density at radius 1 is 1.19 bits per heavy atom. The third-order valence-corrected chi connectivity index (χ3v) is 6.46. The monoisotopic (exact) mass is 485 g/mol. The highest BCUT2D eigenvalue weighted by atomic mass is 35.5. The molecule has 0 bridgehead atoms. The van der Waals surface area contributed by atoms with Crippen LogP contribution in [0.3, 0.4) is 0 Å². The van der Waals surface area contributed by atoms with E-state index in [0.29, 0.717) is 54.0 Å². The van der Waals surface area contributed by atoms with Crippen LogP contribution in [-0.4, -0.2) is 46.7 Å². The van der Waals surface area contributed by atoms with Gasteiger partial charge in [0.1, 0.15) is 5.69 Å². The van der Waals surface area contributed by atoms with Crippen LogP contribution in [0, 0.1) is 6.92 Å². The Hall–Kier alpha value is -2.29. The fraction of sp³-hybridized carbons (Fsp3) is 0.364. The van der Waals surface area contributed by atoms with Crippen molar-refractivity contribution >= 4 is 40.0 Å². The molecule has 0 N–H and O–H groups in total. The summed E-state index contributed by atoms with van der Waals surface area (Å²) in [5, 5.41) is 1.14. The maximum atomic E-state index is 13.3. The second-order valence-corrected chi connectivity index (χ2v) is 8.53. The van der Waals surface area contributed by atoms with Crippen LogP contribution in [0.15, 0.2) is 24.4 Å². The van der Waals surface area contributed by atoms with Gasteiger partial charge in [0.25, 0.3) is 5.91 Å². The van der Waals surface area contributed by atoms with Crippen LogP contribution in [0.4, 0.5) is 13.2 Å². The Kier molecular flexibility index (Phi) is 6.13. The van der Waals surface area contributed by atoms with Crippen LogP contribution in [-0.2, 0) is 24.4 Å².